The summed E-state index contributed by atoms with van der Waals surface area (Å²) in [5, 5.41) is 2.82. The van der Waals surface area contributed by atoms with Crippen LogP contribution in [-0.2, 0) is 10.0 Å². The van der Waals surface area contributed by atoms with E-state index in [1.807, 2.05) is 19.1 Å². The van der Waals surface area contributed by atoms with E-state index in [4.69, 9.17) is 0 Å². The van der Waals surface area contributed by atoms with Crippen LogP contribution in [0.5, 0.6) is 0 Å². The van der Waals surface area contributed by atoms with Crippen molar-refractivity contribution in [3.8, 4) is 0 Å². The topological polar surface area (TPSA) is 66.5 Å². The lowest BCUT2D eigenvalue weighted by atomic mass is 10.1. The summed E-state index contributed by atoms with van der Waals surface area (Å²) in [7, 11) is -2.03. The fourth-order valence-corrected chi connectivity index (χ4v) is 3.07. The zero-order valence-electron chi connectivity index (χ0n) is 13.0. The Labute approximate surface area is 144 Å². The maximum atomic E-state index is 12.6. The minimum atomic E-state index is -3.45. The van der Waals surface area contributed by atoms with Crippen molar-refractivity contribution < 1.29 is 13.2 Å². The normalized spacial score (nSPS) is 11.1. The van der Waals surface area contributed by atoms with Gasteiger partial charge in [0.05, 0.1) is 17.5 Å². The fourth-order valence-electron chi connectivity index (χ4n) is 2.08. The third-order valence-electron chi connectivity index (χ3n) is 3.42. The molecule has 0 bridgehead atoms. The predicted molar refractivity (Wildman–Crippen MR) is 96.5 cm³/mol. The molecule has 0 saturated heterocycles. The molecule has 0 aliphatic carbocycles. The molecule has 1 N–H and O–H groups in total. The molecule has 2 aromatic rings. The van der Waals surface area contributed by atoms with Crippen LogP contribution < -0.4 is 9.62 Å². The maximum Gasteiger partial charge on any atom is 0.257 e. The van der Waals surface area contributed by atoms with E-state index in [-0.39, 0.29) is 5.91 Å². The second-order valence-corrected chi connectivity index (χ2v) is 8.09. The van der Waals surface area contributed by atoms with E-state index in [2.05, 4.69) is 21.2 Å². The van der Waals surface area contributed by atoms with Gasteiger partial charge in [-0.2, -0.15) is 0 Å². The van der Waals surface area contributed by atoms with Crippen molar-refractivity contribution in [2.45, 2.75) is 6.92 Å². The van der Waals surface area contributed by atoms with Crippen molar-refractivity contribution in [3.63, 3.8) is 0 Å². The molecule has 1 amide bonds. The molecule has 7 heteroatoms. The van der Waals surface area contributed by atoms with Gasteiger partial charge in [0.15, 0.2) is 0 Å². The number of anilines is 2. The smallest absolute Gasteiger partial charge is 0.257 e. The third kappa shape index (κ3) is 4.11. The highest BCUT2D eigenvalue weighted by molar-refractivity contribution is 9.10. The SMILES string of the molecule is Cc1cc(Br)ccc1NC(=O)c1ccccc1N(C)S(C)(=O)=O. The minimum Gasteiger partial charge on any atom is -0.322 e. The van der Waals surface area contributed by atoms with Gasteiger partial charge >= 0.3 is 0 Å². The maximum absolute atomic E-state index is 12.6. The monoisotopic (exact) mass is 396 g/mol. The number of para-hydroxylation sites is 1. The van der Waals surface area contributed by atoms with Gasteiger partial charge in [-0.3, -0.25) is 9.10 Å². The zero-order valence-corrected chi connectivity index (χ0v) is 15.4. The van der Waals surface area contributed by atoms with Crippen LogP contribution in [-0.4, -0.2) is 27.6 Å². The standard InChI is InChI=1S/C16H17BrN2O3S/c1-11-10-12(17)8-9-14(11)18-16(20)13-6-4-5-7-15(13)19(2)23(3,21)22/h4-10H,1-3H3,(H,18,20). The molecule has 0 heterocycles. The number of amides is 1. The lowest BCUT2D eigenvalue weighted by molar-refractivity contribution is 0.102. The zero-order chi connectivity index (χ0) is 17.2. The number of carbonyl (C=O) groups excluding carboxylic acids is 1. The molecule has 0 saturated carbocycles. The predicted octanol–water partition coefficient (Wildman–Crippen LogP) is 3.41. The van der Waals surface area contributed by atoms with E-state index in [0.717, 1.165) is 20.6 Å². The average Bonchev–Trinajstić information content (AvgIpc) is 2.48. The van der Waals surface area contributed by atoms with Crippen LogP contribution in [0.2, 0.25) is 0 Å². The molecule has 0 radical (unpaired) electrons. The van der Waals surface area contributed by atoms with Crippen molar-refractivity contribution in [3.05, 3.63) is 58.1 Å². The molecule has 0 unspecified atom stereocenters. The summed E-state index contributed by atoms with van der Waals surface area (Å²) < 4.78 is 25.5. The van der Waals surface area contributed by atoms with E-state index in [0.29, 0.717) is 16.9 Å². The Morgan fingerprint density at radius 1 is 1.17 bits per heavy atom. The van der Waals surface area contributed by atoms with Crippen LogP contribution in [0.4, 0.5) is 11.4 Å². The Morgan fingerprint density at radius 2 is 1.83 bits per heavy atom. The molecule has 122 valence electrons. The van der Waals surface area contributed by atoms with Gasteiger partial charge in [0.2, 0.25) is 10.0 Å². The summed E-state index contributed by atoms with van der Waals surface area (Å²) >= 11 is 3.37. The Hall–Kier alpha value is -1.86. The van der Waals surface area contributed by atoms with Crippen molar-refractivity contribution in [1.29, 1.82) is 0 Å². The molecule has 0 aliphatic rings. The number of hydrogen-bond acceptors (Lipinski definition) is 3. The average molecular weight is 397 g/mol. The first-order valence-electron chi connectivity index (χ1n) is 6.80. The van der Waals surface area contributed by atoms with Crippen molar-refractivity contribution in [2.24, 2.45) is 0 Å². The number of rotatable bonds is 4. The molecular formula is C16H17BrN2O3S. The first kappa shape index (κ1) is 17.5. The Balaban J connectivity index is 2.37. The molecule has 0 aromatic heterocycles. The van der Waals surface area contributed by atoms with Crippen LogP contribution in [0.25, 0.3) is 0 Å². The molecule has 0 spiro atoms. The fraction of sp³-hybridized carbons (Fsp3) is 0.188. The number of nitrogens with zero attached hydrogens (tertiary/aromatic N) is 1. The highest BCUT2D eigenvalue weighted by atomic mass is 79.9. The van der Waals surface area contributed by atoms with Gasteiger partial charge < -0.3 is 5.32 Å². The summed E-state index contributed by atoms with van der Waals surface area (Å²) in [4.78, 5) is 12.6. The summed E-state index contributed by atoms with van der Waals surface area (Å²) in [6, 6.07) is 12.1. The van der Waals surface area contributed by atoms with E-state index in [1.54, 1.807) is 30.3 Å². The Bertz CT molecular complexity index is 850. The van der Waals surface area contributed by atoms with Gasteiger partial charge in [-0.25, -0.2) is 8.42 Å². The number of carbonyl (C=O) groups is 1. The van der Waals surface area contributed by atoms with Crippen molar-refractivity contribution >= 4 is 43.2 Å². The minimum absolute atomic E-state index is 0.294. The van der Waals surface area contributed by atoms with Crippen LogP contribution in [0.1, 0.15) is 15.9 Å². The van der Waals surface area contributed by atoms with Gasteiger partial charge in [0.1, 0.15) is 0 Å². The number of nitrogens with one attached hydrogen (secondary N) is 1. The summed E-state index contributed by atoms with van der Waals surface area (Å²) in [5.74, 6) is -0.360. The first-order valence-corrected chi connectivity index (χ1v) is 9.44. The van der Waals surface area contributed by atoms with Gasteiger partial charge in [-0.05, 0) is 42.8 Å². The second-order valence-electron chi connectivity index (χ2n) is 5.16. The quantitative estimate of drug-likeness (QED) is 0.860. The number of aryl methyl sites for hydroxylation is 1. The molecule has 23 heavy (non-hydrogen) atoms. The van der Waals surface area contributed by atoms with Gasteiger partial charge in [-0.15, -0.1) is 0 Å². The van der Waals surface area contributed by atoms with E-state index >= 15 is 0 Å². The highest BCUT2D eigenvalue weighted by Crippen LogP contribution is 2.24. The molecule has 0 atom stereocenters. The molecule has 5 nitrogen and oxygen atoms in total. The van der Waals surface area contributed by atoms with Gasteiger partial charge in [0, 0.05) is 17.2 Å². The van der Waals surface area contributed by atoms with E-state index < -0.39 is 10.0 Å². The van der Waals surface area contributed by atoms with E-state index in [9.17, 15) is 13.2 Å². The summed E-state index contributed by atoms with van der Waals surface area (Å²) in [6.07, 6.45) is 1.10. The largest absolute Gasteiger partial charge is 0.322 e. The molecule has 2 rings (SSSR count). The second kappa shape index (κ2) is 6.72. The summed E-state index contributed by atoms with van der Waals surface area (Å²) in [5.41, 5.74) is 2.21. The van der Waals surface area contributed by atoms with Crippen LogP contribution in [0, 0.1) is 6.92 Å². The number of benzene rings is 2. The highest BCUT2D eigenvalue weighted by Gasteiger charge is 2.19. The van der Waals surface area contributed by atoms with E-state index in [1.165, 1.54) is 7.05 Å². The van der Waals surface area contributed by atoms with Gasteiger partial charge in [-0.1, -0.05) is 28.1 Å². The van der Waals surface area contributed by atoms with Crippen LogP contribution in [0.15, 0.2) is 46.9 Å². The lowest BCUT2D eigenvalue weighted by Gasteiger charge is -2.20. The van der Waals surface area contributed by atoms with Crippen molar-refractivity contribution in [1.82, 2.24) is 0 Å². The Kier molecular flexibility index (Phi) is 5.11. The van der Waals surface area contributed by atoms with Crippen molar-refractivity contribution in [2.75, 3.05) is 22.9 Å². The molecular weight excluding hydrogens is 380 g/mol. The van der Waals surface area contributed by atoms with Crippen LogP contribution in [0.3, 0.4) is 0 Å². The Morgan fingerprint density at radius 3 is 2.43 bits per heavy atom. The summed E-state index contributed by atoms with van der Waals surface area (Å²) in [6.45, 7) is 1.88. The molecule has 0 aliphatic heterocycles. The number of halogens is 1. The number of sulfonamides is 1. The van der Waals surface area contributed by atoms with Crippen LogP contribution >= 0.6 is 15.9 Å². The molecule has 2 aromatic carbocycles. The van der Waals surface area contributed by atoms with Gasteiger partial charge in [0.25, 0.3) is 5.91 Å². The lowest BCUT2D eigenvalue weighted by Crippen LogP contribution is -2.27. The molecule has 0 fully saturated rings. The number of hydrogen-bond donors (Lipinski definition) is 1. The first-order chi connectivity index (χ1) is 10.7. The third-order valence-corrected chi connectivity index (χ3v) is 5.11.